The van der Waals surface area contributed by atoms with Gasteiger partial charge in [0.2, 0.25) is 11.8 Å². The number of nitrogens with zero attached hydrogens (tertiary/aromatic N) is 2. The van der Waals surface area contributed by atoms with Gasteiger partial charge in [-0.05, 0) is 20.8 Å². The molecule has 1 aromatic rings. The Hall–Kier alpha value is -1.52. The molecule has 1 aliphatic heterocycles. The zero-order valence-corrected chi connectivity index (χ0v) is 12.8. The number of carbonyl (C=O) groups excluding carboxylic acids is 2. The van der Waals surface area contributed by atoms with E-state index in [2.05, 4.69) is 10.3 Å². The predicted octanol–water partition coefficient (Wildman–Crippen LogP) is -0.541. The molecule has 110 valence electrons. The van der Waals surface area contributed by atoms with Crippen molar-refractivity contribution in [3.05, 3.63) is 5.69 Å². The van der Waals surface area contributed by atoms with Gasteiger partial charge in [-0.25, -0.2) is 13.4 Å². The zero-order valence-electron chi connectivity index (χ0n) is 11.1. The fraction of sp³-hybridized carbons (Fsp3) is 0.500. The van der Waals surface area contributed by atoms with Gasteiger partial charge in [0, 0.05) is 0 Å². The third-order valence-corrected chi connectivity index (χ3v) is 6.61. The van der Waals surface area contributed by atoms with Crippen LogP contribution in [-0.2, 0) is 19.6 Å². The monoisotopic (exact) mass is 318 g/mol. The van der Waals surface area contributed by atoms with Crippen molar-refractivity contribution in [1.29, 1.82) is 0 Å². The number of hydrogen-bond donors (Lipinski definition) is 2. The average Bonchev–Trinajstić information content (AvgIpc) is 2.64. The number of thiazole rings is 1. The van der Waals surface area contributed by atoms with E-state index in [0.717, 1.165) is 15.6 Å². The fourth-order valence-corrected chi connectivity index (χ4v) is 4.99. The number of nitrogen functional groups attached to an aromatic ring is 1. The van der Waals surface area contributed by atoms with E-state index in [-0.39, 0.29) is 15.0 Å². The Labute approximate surface area is 120 Å². The number of nitrogens with two attached hydrogens (primary N) is 1. The highest BCUT2D eigenvalue weighted by atomic mass is 32.2. The minimum atomic E-state index is -4.02. The first-order valence-electron chi connectivity index (χ1n) is 5.67. The molecular weight excluding hydrogens is 304 g/mol. The maximum Gasteiger partial charge on any atom is 0.255 e. The maximum atomic E-state index is 12.6. The van der Waals surface area contributed by atoms with Crippen LogP contribution in [0.5, 0.6) is 0 Å². The molecule has 0 unspecified atom stereocenters. The first-order chi connectivity index (χ1) is 9.06. The highest BCUT2D eigenvalue weighted by Gasteiger charge is 2.48. The van der Waals surface area contributed by atoms with Crippen molar-refractivity contribution in [1.82, 2.24) is 14.6 Å². The highest BCUT2D eigenvalue weighted by Crippen LogP contribution is 2.32. The van der Waals surface area contributed by atoms with Gasteiger partial charge in [-0.2, -0.15) is 4.31 Å². The molecule has 0 atom stereocenters. The minimum absolute atomic E-state index is 0.0504. The predicted molar refractivity (Wildman–Crippen MR) is 72.4 cm³/mol. The number of imide groups is 1. The van der Waals surface area contributed by atoms with E-state index in [1.807, 2.05) is 0 Å². The first-order valence-corrected chi connectivity index (χ1v) is 7.92. The van der Waals surface area contributed by atoms with Crippen molar-refractivity contribution in [2.24, 2.45) is 0 Å². The van der Waals surface area contributed by atoms with Crippen LogP contribution in [0, 0.1) is 6.92 Å². The molecule has 0 bridgehead atoms. The number of amides is 2. The Morgan fingerprint density at radius 3 is 2.50 bits per heavy atom. The molecule has 0 spiro atoms. The smallest absolute Gasteiger partial charge is 0.255 e. The third kappa shape index (κ3) is 2.19. The molecule has 8 nitrogen and oxygen atoms in total. The van der Waals surface area contributed by atoms with Gasteiger partial charge in [-0.15, -0.1) is 0 Å². The summed E-state index contributed by atoms with van der Waals surface area (Å²) in [6.45, 7) is 3.97. The second-order valence-corrected chi connectivity index (χ2v) is 7.96. The van der Waals surface area contributed by atoms with Crippen molar-refractivity contribution in [3.63, 3.8) is 0 Å². The second-order valence-electron chi connectivity index (χ2n) is 4.87. The van der Waals surface area contributed by atoms with E-state index in [1.54, 1.807) is 0 Å². The Morgan fingerprint density at radius 2 is 2.00 bits per heavy atom. The summed E-state index contributed by atoms with van der Waals surface area (Å²) in [6, 6.07) is 0. The first kappa shape index (κ1) is 14.9. The number of piperazine rings is 1. The lowest BCUT2D eigenvalue weighted by molar-refractivity contribution is -0.141. The van der Waals surface area contributed by atoms with Gasteiger partial charge in [0.15, 0.2) is 9.34 Å². The highest BCUT2D eigenvalue weighted by molar-refractivity contribution is 7.91. The summed E-state index contributed by atoms with van der Waals surface area (Å²) in [7, 11) is -4.02. The molecule has 2 amide bonds. The van der Waals surface area contributed by atoms with Crippen molar-refractivity contribution in [3.8, 4) is 0 Å². The van der Waals surface area contributed by atoms with Gasteiger partial charge in [-0.1, -0.05) is 11.3 Å². The molecule has 10 heteroatoms. The summed E-state index contributed by atoms with van der Waals surface area (Å²) in [4.78, 5) is 27.2. The van der Waals surface area contributed by atoms with Gasteiger partial charge in [0.05, 0.1) is 12.2 Å². The lowest BCUT2D eigenvalue weighted by Crippen LogP contribution is -2.65. The van der Waals surface area contributed by atoms with Crippen LogP contribution < -0.4 is 11.1 Å². The van der Waals surface area contributed by atoms with Crippen molar-refractivity contribution < 1.29 is 18.0 Å². The average molecular weight is 318 g/mol. The van der Waals surface area contributed by atoms with Crippen LogP contribution in [0.4, 0.5) is 5.13 Å². The van der Waals surface area contributed by atoms with E-state index >= 15 is 0 Å². The summed E-state index contributed by atoms with van der Waals surface area (Å²) in [5.41, 5.74) is 4.39. The molecule has 0 radical (unpaired) electrons. The van der Waals surface area contributed by atoms with Crippen LogP contribution in [0.15, 0.2) is 4.21 Å². The molecule has 2 heterocycles. The molecule has 1 aromatic heterocycles. The molecule has 3 N–H and O–H groups in total. The summed E-state index contributed by atoms with van der Waals surface area (Å²) >= 11 is 0.812. The molecule has 20 heavy (non-hydrogen) atoms. The van der Waals surface area contributed by atoms with Gasteiger partial charge in [0.1, 0.15) is 5.54 Å². The van der Waals surface area contributed by atoms with E-state index in [9.17, 15) is 18.0 Å². The standard InChI is InChI=1S/C10H14N4O4S2/c1-5-7(19-9(11)12-5)20(17,18)14-4-6(15)13-8(16)10(14,2)3/h4H2,1-3H3,(H2,11,12)(H,13,15,16). The van der Waals surface area contributed by atoms with E-state index in [4.69, 9.17) is 5.73 Å². The van der Waals surface area contributed by atoms with E-state index in [0.29, 0.717) is 0 Å². The Morgan fingerprint density at radius 1 is 1.40 bits per heavy atom. The zero-order chi connectivity index (χ0) is 15.3. The molecule has 1 aliphatic rings. The summed E-state index contributed by atoms with van der Waals surface area (Å²) in [5.74, 6) is -1.32. The molecule has 0 aliphatic carbocycles. The van der Waals surface area contributed by atoms with Gasteiger partial charge in [-0.3, -0.25) is 14.9 Å². The number of sulfonamides is 1. The lowest BCUT2D eigenvalue weighted by Gasteiger charge is -2.38. The second kappa shape index (κ2) is 4.50. The van der Waals surface area contributed by atoms with Crippen molar-refractivity contribution in [2.75, 3.05) is 12.3 Å². The quantitative estimate of drug-likeness (QED) is 0.706. The van der Waals surface area contributed by atoms with Gasteiger partial charge < -0.3 is 5.73 Å². The Balaban J connectivity index is 2.55. The molecular formula is C10H14N4O4S2. The van der Waals surface area contributed by atoms with Crippen LogP contribution in [0.2, 0.25) is 0 Å². The molecule has 0 aromatic carbocycles. The summed E-state index contributed by atoms with van der Waals surface area (Å²) < 4.78 is 26.1. The van der Waals surface area contributed by atoms with Crippen LogP contribution in [0.3, 0.4) is 0 Å². The lowest BCUT2D eigenvalue weighted by atomic mass is 10.0. The minimum Gasteiger partial charge on any atom is -0.375 e. The topological polar surface area (TPSA) is 122 Å². The van der Waals surface area contributed by atoms with Gasteiger partial charge in [0.25, 0.3) is 10.0 Å². The van der Waals surface area contributed by atoms with Crippen molar-refractivity contribution >= 4 is 38.3 Å². The molecule has 2 rings (SSSR count). The fourth-order valence-electron chi connectivity index (χ4n) is 1.89. The number of rotatable bonds is 2. The van der Waals surface area contributed by atoms with Crippen molar-refractivity contribution in [2.45, 2.75) is 30.5 Å². The summed E-state index contributed by atoms with van der Waals surface area (Å²) in [6.07, 6.45) is 0. The van der Waals surface area contributed by atoms with Crippen LogP contribution in [-0.4, -0.2) is 41.6 Å². The Bertz CT molecular complexity index is 692. The number of carbonyl (C=O) groups is 2. The number of nitrogens with one attached hydrogen (secondary N) is 1. The molecule has 1 fully saturated rings. The van der Waals surface area contributed by atoms with E-state index < -0.39 is 33.9 Å². The Kier molecular flexibility index (Phi) is 3.35. The number of anilines is 1. The third-order valence-electron chi connectivity index (χ3n) is 3.01. The van der Waals surface area contributed by atoms with Crippen LogP contribution in [0.1, 0.15) is 19.5 Å². The maximum absolute atomic E-state index is 12.6. The van der Waals surface area contributed by atoms with Crippen LogP contribution >= 0.6 is 11.3 Å². The van der Waals surface area contributed by atoms with E-state index in [1.165, 1.54) is 20.8 Å². The molecule has 1 saturated heterocycles. The molecule has 0 saturated carbocycles. The number of aryl methyl sites for hydroxylation is 1. The normalized spacial score (nSPS) is 19.9. The van der Waals surface area contributed by atoms with Crippen LogP contribution in [0.25, 0.3) is 0 Å². The van der Waals surface area contributed by atoms with Gasteiger partial charge >= 0.3 is 0 Å². The largest absolute Gasteiger partial charge is 0.375 e. The SMILES string of the molecule is Cc1nc(N)sc1S(=O)(=O)N1CC(=O)NC(=O)C1(C)C. The number of aromatic nitrogens is 1. The summed E-state index contributed by atoms with van der Waals surface area (Å²) in [5, 5.41) is 2.24. The number of hydrogen-bond acceptors (Lipinski definition) is 7.